The van der Waals surface area contributed by atoms with Crippen molar-refractivity contribution in [1.29, 1.82) is 0 Å². The minimum absolute atomic E-state index is 0.0663. The quantitative estimate of drug-likeness (QED) is 0.392. The average molecular weight is 483 g/mol. The molecule has 0 radical (unpaired) electrons. The van der Waals surface area contributed by atoms with Crippen molar-refractivity contribution < 1.29 is 9.53 Å². The summed E-state index contributed by atoms with van der Waals surface area (Å²) in [6, 6.07) is 11.4. The molecule has 1 atom stereocenters. The van der Waals surface area contributed by atoms with E-state index in [0.29, 0.717) is 34.1 Å². The third-order valence-corrected chi connectivity index (χ3v) is 6.78. The molecule has 0 spiro atoms. The van der Waals surface area contributed by atoms with Gasteiger partial charge in [-0.3, -0.25) is 9.69 Å². The molecule has 2 aromatic carbocycles. The van der Waals surface area contributed by atoms with E-state index in [-0.39, 0.29) is 5.91 Å². The second kappa shape index (κ2) is 9.69. The Morgan fingerprint density at radius 3 is 2.70 bits per heavy atom. The summed E-state index contributed by atoms with van der Waals surface area (Å²) >= 11 is 7.85. The molecule has 2 heterocycles. The van der Waals surface area contributed by atoms with E-state index in [0.717, 1.165) is 33.7 Å². The van der Waals surface area contributed by atoms with Gasteiger partial charge in [0.25, 0.3) is 0 Å². The number of carbonyl (C=O) groups is 1. The number of halogens is 1. The minimum atomic E-state index is -0.739. The van der Waals surface area contributed by atoms with Gasteiger partial charge >= 0.3 is 0 Å². The number of fused-ring (bicyclic) bond motifs is 3. The number of hydrogen-bond donors (Lipinski definition) is 0. The molecule has 0 N–H and O–H groups in total. The molecule has 1 unspecified atom stereocenters. The van der Waals surface area contributed by atoms with E-state index in [1.54, 1.807) is 22.7 Å². The van der Waals surface area contributed by atoms with E-state index in [1.165, 1.54) is 0 Å². The van der Waals surface area contributed by atoms with Crippen molar-refractivity contribution in [3.8, 4) is 17.1 Å². The van der Waals surface area contributed by atoms with Crippen LogP contribution in [-0.2, 0) is 4.79 Å². The molecule has 4 rings (SSSR count). The fourth-order valence-corrected chi connectivity index (χ4v) is 4.82. The average Bonchev–Trinajstić information content (AvgIpc) is 2.91. The van der Waals surface area contributed by atoms with Crippen LogP contribution in [0.3, 0.4) is 0 Å². The SMILES string of the molecule is CCC(=O)N1c2c(C)cc(C)cc2-c2nnc(SCC(C)C)nc2OC1c1cccc(Cl)c1. The molecule has 1 aliphatic rings. The number of anilines is 1. The summed E-state index contributed by atoms with van der Waals surface area (Å²) in [5, 5.41) is 10.0. The lowest BCUT2D eigenvalue weighted by molar-refractivity contribution is -0.120. The maximum atomic E-state index is 13.3. The predicted molar refractivity (Wildman–Crippen MR) is 133 cm³/mol. The van der Waals surface area contributed by atoms with Crippen molar-refractivity contribution in [2.75, 3.05) is 10.7 Å². The first-order chi connectivity index (χ1) is 15.8. The largest absolute Gasteiger partial charge is 0.447 e. The smallest absolute Gasteiger partial charge is 0.247 e. The van der Waals surface area contributed by atoms with E-state index in [2.05, 4.69) is 30.1 Å². The highest BCUT2D eigenvalue weighted by molar-refractivity contribution is 7.99. The van der Waals surface area contributed by atoms with Gasteiger partial charge in [-0.15, -0.1) is 10.2 Å². The molecule has 0 aliphatic carbocycles. The highest BCUT2D eigenvalue weighted by Gasteiger charge is 2.36. The molecule has 0 saturated carbocycles. The molecule has 0 saturated heterocycles. The van der Waals surface area contributed by atoms with Gasteiger partial charge in [0.1, 0.15) is 0 Å². The van der Waals surface area contributed by atoms with Crippen molar-refractivity contribution in [1.82, 2.24) is 15.2 Å². The molecular formula is C25H27ClN4O2S. The first kappa shape index (κ1) is 23.5. The lowest BCUT2D eigenvalue weighted by Gasteiger charge is -2.32. The van der Waals surface area contributed by atoms with Gasteiger partial charge in [0, 0.05) is 28.3 Å². The van der Waals surface area contributed by atoms with E-state index in [1.807, 2.05) is 45.0 Å². The first-order valence-electron chi connectivity index (χ1n) is 11.0. The van der Waals surface area contributed by atoms with Gasteiger partial charge in [-0.25, -0.2) is 0 Å². The number of rotatable bonds is 5. The molecule has 172 valence electrons. The Kier molecular flexibility index (Phi) is 6.91. The van der Waals surface area contributed by atoms with Gasteiger partial charge in [0.15, 0.2) is 5.69 Å². The van der Waals surface area contributed by atoms with Crippen LogP contribution in [0.15, 0.2) is 41.6 Å². The van der Waals surface area contributed by atoms with Crippen LogP contribution in [0.2, 0.25) is 5.02 Å². The van der Waals surface area contributed by atoms with Crippen molar-refractivity contribution in [2.24, 2.45) is 5.92 Å². The standard InChI is InChI=1S/C25H27ClN4O2S/c1-6-20(31)30-22-16(5)10-15(4)11-19(22)21-23(27-25(29-28-21)33-13-14(2)3)32-24(30)17-8-7-9-18(26)12-17/h7-12,14,24H,6,13H2,1-5H3. The van der Waals surface area contributed by atoms with Crippen molar-refractivity contribution in [2.45, 2.75) is 52.4 Å². The molecule has 3 aromatic rings. The Labute approximate surface area is 203 Å². The highest BCUT2D eigenvalue weighted by atomic mass is 35.5. The first-order valence-corrected chi connectivity index (χ1v) is 12.4. The lowest BCUT2D eigenvalue weighted by Crippen LogP contribution is -2.37. The summed E-state index contributed by atoms with van der Waals surface area (Å²) in [6.45, 7) is 10.1. The van der Waals surface area contributed by atoms with Crippen LogP contribution in [0, 0.1) is 19.8 Å². The number of amides is 1. The van der Waals surface area contributed by atoms with E-state index in [9.17, 15) is 4.79 Å². The zero-order valence-electron chi connectivity index (χ0n) is 19.4. The van der Waals surface area contributed by atoms with Crippen LogP contribution in [-0.4, -0.2) is 26.8 Å². The summed E-state index contributed by atoms with van der Waals surface area (Å²) < 4.78 is 6.48. The summed E-state index contributed by atoms with van der Waals surface area (Å²) in [5.74, 6) is 1.65. The van der Waals surface area contributed by atoms with Crippen LogP contribution >= 0.6 is 23.4 Å². The molecule has 1 aliphatic heterocycles. The maximum Gasteiger partial charge on any atom is 0.247 e. The molecule has 8 heteroatoms. The van der Waals surface area contributed by atoms with E-state index < -0.39 is 6.23 Å². The lowest BCUT2D eigenvalue weighted by atomic mass is 10.00. The van der Waals surface area contributed by atoms with E-state index in [4.69, 9.17) is 21.3 Å². The zero-order valence-corrected chi connectivity index (χ0v) is 21.0. The molecule has 1 aromatic heterocycles. The minimum Gasteiger partial charge on any atom is -0.447 e. The highest BCUT2D eigenvalue weighted by Crippen LogP contribution is 2.46. The summed E-state index contributed by atoms with van der Waals surface area (Å²) in [6.07, 6.45) is -0.421. The van der Waals surface area contributed by atoms with E-state index >= 15 is 0 Å². The normalized spacial score (nSPS) is 15.0. The van der Waals surface area contributed by atoms with Crippen LogP contribution in [0.25, 0.3) is 11.3 Å². The van der Waals surface area contributed by atoms with Gasteiger partial charge < -0.3 is 4.74 Å². The van der Waals surface area contributed by atoms with Gasteiger partial charge in [0.2, 0.25) is 23.2 Å². The molecule has 33 heavy (non-hydrogen) atoms. The number of ether oxygens (including phenoxy) is 1. The summed E-state index contributed by atoms with van der Waals surface area (Å²) in [5.41, 5.74) is 4.85. The Bertz CT molecular complexity index is 1200. The molecular weight excluding hydrogens is 456 g/mol. The van der Waals surface area contributed by atoms with Crippen molar-refractivity contribution in [3.63, 3.8) is 0 Å². The zero-order chi connectivity index (χ0) is 23.7. The number of benzene rings is 2. The van der Waals surface area contributed by atoms with Crippen LogP contribution < -0.4 is 9.64 Å². The molecule has 1 amide bonds. The second-order valence-electron chi connectivity index (χ2n) is 8.57. The molecule has 0 bridgehead atoms. The van der Waals surface area contributed by atoms with Gasteiger partial charge in [0.05, 0.1) is 5.69 Å². The predicted octanol–water partition coefficient (Wildman–Crippen LogP) is 6.39. The topological polar surface area (TPSA) is 68.2 Å². The van der Waals surface area contributed by atoms with Gasteiger partial charge in [-0.1, -0.05) is 67.9 Å². The summed E-state index contributed by atoms with van der Waals surface area (Å²) in [7, 11) is 0. The van der Waals surface area contributed by atoms with Crippen molar-refractivity contribution in [3.05, 3.63) is 58.1 Å². The third kappa shape index (κ3) is 4.84. The number of hydrogen-bond acceptors (Lipinski definition) is 6. The van der Waals surface area contributed by atoms with Crippen LogP contribution in [0.1, 0.15) is 50.1 Å². The van der Waals surface area contributed by atoms with Crippen LogP contribution in [0.4, 0.5) is 5.69 Å². The number of carbonyl (C=O) groups excluding carboxylic acids is 1. The Hall–Kier alpha value is -2.64. The van der Waals surface area contributed by atoms with Gasteiger partial charge in [-0.2, -0.15) is 4.98 Å². The number of aryl methyl sites for hydroxylation is 2. The number of nitrogens with zero attached hydrogens (tertiary/aromatic N) is 4. The summed E-state index contributed by atoms with van der Waals surface area (Å²) in [4.78, 5) is 19.8. The Morgan fingerprint density at radius 1 is 1.21 bits per heavy atom. The second-order valence-corrected chi connectivity index (χ2v) is 10.00. The molecule has 6 nitrogen and oxygen atoms in total. The number of aromatic nitrogens is 3. The Morgan fingerprint density at radius 2 is 2.00 bits per heavy atom. The van der Waals surface area contributed by atoms with Crippen LogP contribution in [0.5, 0.6) is 5.88 Å². The fourth-order valence-electron chi connectivity index (χ4n) is 3.89. The Balaban J connectivity index is 1.96. The fraction of sp³-hybridized carbons (Fsp3) is 0.360. The third-order valence-electron chi connectivity index (χ3n) is 5.28. The van der Waals surface area contributed by atoms with Gasteiger partial charge in [-0.05, 0) is 43.5 Å². The monoisotopic (exact) mass is 482 g/mol. The number of thioether (sulfide) groups is 1. The van der Waals surface area contributed by atoms with Crippen molar-refractivity contribution >= 4 is 35.0 Å². The molecule has 0 fully saturated rings. The maximum absolute atomic E-state index is 13.3.